The number of nitrogens with one attached hydrogen (secondary N) is 1. The highest BCUT2D eigenvalue weighted by molar-refractivity contribution is 8.00. The molecular weight excluding hydrogens is 248 g/mol. The van der Waals surface area contributed by atoms with Crippen molar-refractivity contribution in [1.29, 1.82) is 0 Å². The maximum Gasteiger partial charge on any atom is 0.239 e. The summed E-state index contributed by atoms with van der Waals surface area (Å²) in [6.45, 7) is 3.16. The fourth-order valence-corrected chi connectivity index (χ4v) is 2.88. The van der Waals surface area contributed by atoms with Crippen LogP contribution in [0.25, 0.3) is 0 Å². The quantitative estimate of drug-likeness (QED) is 0.774. The van der Waals surface area contributed by atoms with E-state index < -0.39 is 6.04 Å². The first-order valence-electron chi connectivity index (χ1n) is 5.23. The van der Waals surface area contributed by atoms with Crippen molar-refractivity contribution in [2.24, 2.45) is 5.73 Å². The van der Waals surface area contributed by atoms with Crippen LogP contribution in [0, 0.1) is 0 Å². The number of hydrogen-bond acceptors (Lipinski definition) is 4. The summed E-state index contributed by atoms with van der Waals surface area (Å²) in [6.07, 6.45) is 2.40. The van der Waals surface area contributed by atoms with E-state index in [2.05, 4.69) is 12.2 Å². The normalized spacial score (nSPS) is 25.9. The molecule has 6 heteroatoms. The molecule has 0 aromatic heterocycles. The summed E-state index contributed by atoms with van der Waals surface area (Å²) in [6, 6.07) is -0.551. The molecule has 0 radical (unpaired) electrons. The van der Waals surface area contributed by atoms with Crippen molar-refractivity contribution in [2.45, 2.75) is 30.6 Å². The van der Waals surface area contributed by atoms with Crippen LogP contribution in [0.4, 0.5) is 0 Å². The van der Waals surface area contributed by atoms with Gasteiger partial charge in [-0.25, -0.2) is 0 Å². The van der Waals surface area contributed by atoms with Crippen LogP contribution in [0.1, 0.15) is 19.8 Å². The molecule has 0 saturated carbocycles. The molecule has 2 atom stereocenters. The second kappa shape index (κ2) is 7.37. The third-order valence-corrected chi connectivity index (χ3v) is 4.16. The molecule has 1 heterocycles. The molecule has 4 nitrogen and oxygen atoms in total. The number of rotatable bonds is 5. The minimum absolute atomic E-state index is 0. The van der Waals surface area contributed by atoms with E-state index in [-0.39, 0.29) is 29.7 Å². The fraction of sp³-hybridized carbons (Fsp3) is 0.900. The van der Waals surface area contributed by atoms with E-state index >= 15 is 0 Å². The smallest absolute Gasteiger partial charge is 0.239 e. The van der Waals surface area contributed by atoms with E-state index in [1.54, 1.807) is 7.11 Å². The Labute approximate surface area is 107 Å². The summed E-state index contributed by atoms with van der Waals surface area (Å²) >= 11 is 1.92. The van der Waals surface area contributed by atoms with Gasteiger partial charge >= 0.3 is 0 Å². The second-order valence-corrected chi connectivity index (χ2v) is 5.86. The van der Waals surface area contributed by atoms with Gasteiger partial charge in [-0.1, -0.05) is 0 Å². The Morgan fingerprint density at radius 2 is 2.38 bits per heavy atom. The Morgan fingerprint density at radius 3 is 2.88 bits per heavy atom. The van der Waals surface area contributed by atoms with E-state index in [0.717, 1.165) is 6.42 Å². The van der Waals surface area contributed by atoms with Crippen molar-refractivity contribution in [3.63, 3.8) is 0 Å². The minimum Gasteiger partial charge on any atom is -0.383 e. The highest BCUT2D eigenvalue weighted by Crippen LogP contribution is 2.36. The molecule has 2 unspecified atom stereocenters. The summed E-state index contributed by atoms with van der Waals surface area (Å²) in [5.41, 5.74) is 5.61. The van der Waals surface area contributed by atoms with Crippen LogP contribution in [-0.4, -0.2) is 42.7 Å². The molecule has 0 aliphatic carbocycles. The predicted molar refractivity (Wildman–Crippen MR) is 70.2 cm³/mol. The van der Waals surface area contributed by atoms with Crippen LogP contribution in [-0.2, 0) is 9.53 Å². The van der Waals surface area contributed by atoms with Crippen LogP contribution >= 0.6 is 24.2 Å². The van der Waals surface area contributed by atoms with E-state index in [1.807, 2.05) is 11.8 Å². The van der Waals surface area contributed by atoms with Crippen LogP contribution < -0.4 is 11.1 Å². The fourth-order valence-electron chi connectivity index (χ4n) is 1.64. The van der Waals surface area contributed by atoms with Crippen molar-refractivity contribution in [3.8, 4) is 0 Å². The number of amides is 1. The minimum atomic E-state index is -0.551. The summed E-state index contributed by atoms with van der Waals surface area (Å²) in [4.78, 5) is 11.5. The second-order valence-electron chi connectivity index (χ2n) is 4.18. The lowest BCUT2D eigenvalue weighted by atomic mass is 10.1. The molecule has 96 valence electrons. The molecule has 0 spiro atoms. The zero-order chi connectivity index (χ0) is 11.3. The average molecular weight is 269 g/mol. The molecule has 1 saturated heterocycles. The zero-order valence-corrected chi connectivity index (χ0v) is 11.5. The third kappa shape index (κ3) is 4.91. The van der Waals surface area contributed by atoms with Crippen molar-refractivity contribution < 1.29 is 9.53 Å². The van der Waals surface area contributed by atoms with Crippen LogP contribution in [0.5, 0.6) is 0 Å². The largest absolute Gasteiger partial charge is 0.383 e. The SMILES string of the molecule is COCC(N)C(=O)NCC1(C)CCCS1.Cl. The number of carbonyl (C=O) groups excluding carboxylic acids is 1. The molecule has 1 fully saturated rings. The molecule has 1 aliphatic rings. The third-order valence-electron chi connectivity index (χ3n) is 2.62. The Bertz CT molecular complexity index is 223. The average Bonchev–Trinajstić information content (AvgIpc) is 2.63. The van der Waals surface area contributed by atoms with Gasteiger partial charge in [0.15, 0.2) is 0 Å². The van der Waals surface area contributed by atoms with E-state index in [9.17, 15) is 4.79 Å². The van der Waals surface area contributed by atoms with Gasteiger partial charge in [-0.05, 0) is 25.5 Å². The highest BCUT2D eigenvalue weighted by atomic mass is 35.5. The van der Waals surface area contributed by atoms with Crippen molar-refractivity contribution in [3.05, 3.63) is 0 Å². The highest BCUT2D eigenvalue weighted by Gasteiger charge is 2.30. The topological polar surface area (TPSA) is 64.3 Å². The molecule has 1 aliphatic heterocycles. The van der Waals surface area contributed by atoms with Gasteiger partial charge in [0.1, 0.15) is 6.04 Å². The van der Waals surface area contributed by atoms with Crippen molar-refractivity contribution in [2.75, 3.05) is 26.0 Å². The van der Waals surface area contributed by atoms with E-state index in [1.165, 1.54) is 12.2 Å². The van der Waals surface area contributed by atoms with Gasteiger partial charge in [-0.15, -0.1) is 12.4 Å². The summed E-state index contributed by atoms with van der Waals surface area (Å²) in [5.74, 6) is 1.07. The van der Waals surface area contributed by atoms with Gasteiger partial charge in [-0.2, -0.15) is 11.8 Å². The van der Waals surface area contributed by atoms with Gasteiger partial charge in [0.05, 0.1) is 6.61 Å². The van der Waals surface area contributed by atoms with Gasteiger partial charge < -0.3 is 15.8 Å². The number of hydrogen-bond donors (Lipinski definition) is 2. The number of halogens is 1. The number of ether oxygens (including phenoxy) is 1. The van der Waals surface area contributed by atoms with E-state index in [0.29, 0.717) is 6.54 Å². The Kier molecular flexibility index (Phi) is 7.39. The molecule has 0 aromatic carbocycles. The van der Waals surface area contributed by atoms with Crippen molar-refractivity contribution in [1.82, 2.24) is 5.32 Å². The van der Waals surface area contributed by atoms with Crippen LogP contribution in [0.3, 0.4) is 0 Å². The first kappa shape index (κ1) is 16.0. The van der Waals surface area contributed by atoms with Crippen molar-refractivity contribution >= 4 is 30.1 Å². The van der Waals surface area contributed by atoms with Gasteiger partial charge in [-0.3, -0.25) is 4.79 Å². The van der Waals surface area contributed by atoms with Crippen LogP contribution in [0.15, 0.2) is 0 Å². The molecule has 1 amide bonds. The number of thioether (sulfide) groups is 1. The maximum atomic E-state index is 11.5. The van der Waals surface area contributed by atoms with Gasteiger partial charge in [0.2, 0.25) is 5.91 Å². The zero-order valence-electron chi connectivity index (χ0n) is 9.82. The number of methoxy groups -OCH3 is 1. The Balaban J connectivity index is 0.00000225. The molecule has 16 heavy (non-hydrogen) atoms. The standard InChI is InChI=1S/C10H20N2O2S.ClH/c1-10(4-3-5-15-10)7-12-9(13)8(11)6-14-2;/h8H,3-7,11H2,1-2H3,(H,12,13);1H. The summed E-state index contributed by atoms with van der Waals surface area (Å²) in [7, 11) is 1.54. The summed E-state index contributed by atoms with van der Waals surface area (Å²) in [5, 5.41) is 2.88. The van der Waals surface area contributed by atoms with Crippen LogP contribution in [0.2, 0.25) is 0 Å². The molecule has 0 bridgehead atoms. The lowest BCUT2D eigenvalue weighted by Crippen LogP contribution is -2.47. The molecular formula is C10H21ClN2O2S. The van der Waals surface area contributed by atoms with Gasteiger partial charge in [0.25, 0.3) is 0 Å². The van der Waals surface area contributed by atoms with Gasteiger partial charge in [0, 0.05) is 18.4 Å². The first-order valence-corrected chi connectivity index (χ1v) is 6.22. The number of nitrogens with two attached hydrogens (primary N) is 1. The molecule has 1 rings (SSSR count). The summed E-state index contributed by atoms with van der Waals surface area (Å²) < 4.78 is 5.03. The number of carbonyl (C=O) groups is 1. The Morgan fingerprint density at radius 1 is 1.69 bits per heavy atom. The first-order chi connectivity index (χ1) is 7.07. The maximum absolute atomic E-state index is 11.5. The lowest BCUT2D eigenvalue weighted by Gasteiger charge is -2.23. The predicted octanol–water partition coefficient (Wildman–Crippen LogP) is 0.784. The lowest BCUT2D eigenvalue weighted by molar-refractivity contribution is -0.123. The Hall–Kier alpha value is 0.0300. The molecule has 3 N–H and O–H groups in total. The monoisotopic (exact) mass is 268 g/mol. The van der Waals surface area contributed by atoms with E-state index in [4.69, 9.17) is 10.5 Å². The molecule has 0 aromatic rings.